The maximum atomic E-state index is 13.6. The van der Waals surface area contributed by atoms with E-state index in [0.717, 1.165) is 10.0 Å². The third kappa shape index (κ3) is 3.80. The SMILES string of the molecule is Cc1ccc(Oc2ncc(Br)cc2CNC2CC2)cc1F. The van der Waals surface area contributed by atoms with Gasteiger partial charge in [0.2, 0.25) is 5.88 Å². The van der Waals surface area contributed by atoms with Gasteiger partial charge in [0.25, 0.3) is 0 Å². The normalized spacial score (nSPS) is 14.2. The highest BCUT2D eigenvalue weighted by atomic mass is 79.9. The summed E-state index contributed by atoms with van der Waals surface area (Å²) in [5, 5.41) is 3.43. The van der Waals surface area contributed by atoms with E-state index in [0.29, 0.717) is 29.8 Å². The van der Waals surface area contributed by atoms with E-state index in [1.54, 1.807) is 25.3 Å². The van der Waals surface area contributed by atoms with Crippen LogP contribution in [0.1, 0.15) is 24.0 Å². The molecule has 1 aliphatic carbocycles. The van der Waals surface area contributed by atoms with Crippen LogP contribution in [0.4, 0.5) is 4.39 Å². The average molecular weight is 351 g/mol. The van der Waals surface area contributed by atoms with Gasteiger partial charge in [0.15, 0.2) is 0 Å². The van der Waals surface area contributed by atoms with Crippen molar-refractivity contribution in [1.29, 1.82) is 0 Å². The molecule has 1 aromatic carbocycles. The van der Waals surface area contributed by atoms with Gasteiger partial charge < -0.3 is 10.1 Å². The molecular formula is C16H16BrFN2O. The molecule has 1 saturated carbocycles. The van der Waals surface area contributed by atoms with E-state index in [1.807, 2.05) is 6.07 Å². The number of nitrogens with zero attached hydrogens (tertiary/aromatic N) is 1. The lowest BCUT2D eigenvalue weighted by atomic mass is 10.2. The fourth-order valence-corrected chi connectivity index (χ4v) is 2.36. The van der Waals surface area contributed by atoms with Crippen molar-refractivity contribution < 1.29 is 9.13 Å². The number of hydrogen-bond acceptors (Lipinski definition) is 3. The van der Waals surface area contributed by atoms with Gasteiger partial charge in [0.1, 0.15) is 11.6 Å². The van der Waals surface area contributed by atoms with Crippen LogP contribution in [0.25, 0.3) is 0 Å². The number of aryl methyl sites for hydroxylation is 1. The van der Waals surface area contributed by atoms with E-state index in [2.05, 4.69) is 26.2 Å². The van der Waals surface area contributed by atoms with Crippen LogP contribution in [0.3, 0.4) is 0 Å². The van der Waals surface area contributed by atoms with Crippen LogP contribution in [0.5, 0.6) is 11.6 Å². The summed E-state index contributed by atoms with van der Waals surface area (Å²) in [5.41, 5.74) is 1.55. The molecule has 0 radical (unpaired) electrons. The summed E-state index contributed by atoms with van der Waals surface area (Å²) in [6, 6.07) is 7.42. The molecule has 0 aliphatic heterocycles. The van der Waals surface area contributed by atoms with Crippen LogP contribution >= 0.6 is 15.9 Å². The number of hydrogen-bond donors (Lipinski definition) is 1. The predicted molar refractivity (Wildman–Crippen MR) is 83.0 cm³/mol. The summed E-state index contributed by atoms with van der Waals surface area (Å²) >= 11 is 3.42. The minimum Gasteiger partial charge on any atom is -0.439 e. The molecule has 0 spiro atoms. The van der Waals surface area contributed by atoms with Gasteiger partial charge in [-0.1, -0.05) is 6.07 Å². The first-order valence-electron chi connectivity index (χ1n) is 6.93. The van der Waals surface area contributed by atoms with Gasteiger partial charge in [0, 0.05) is 34.9 Å². The molecule has 5 heteroatoms. The van der Waals surface area contributed by atoms with Gasteiger partial charge in [-0.05, 0) is 53.4 Å². The Labute approximate surface area is 131 Å². The predicted octanol–water partition coefficient (Wildman–Crippen LogP) is 4.34. The second-order valence-electron chi connectivity index (χ2n) is 5.29. The first-order chi connectivity index (χ1) is 10.1. The molecule has 1 aromatic heterocycles. The fraction of sp³-hybridized carbons (Fsp3) is 0.312. The first kappa shape index (κ1) is 14.5. The van der Waals surface area contributed by atoms with Crippen molar-refractivity contribution in [3.05, 3.63) is 51.9 Å². The summed E-state index contributed by atoms with van der Waals surface area (Å²) in [6.07, 6.45) is 4.13. The number of rotatable bonds is 5. The average Bonchev–Trinajstić information content (AvgIpc) is 3.27. The third-order valence-corrected chi connectivity index (χ3v) is 3.84. The standard InChI is InChI=1S/C16H16BrFN2O/c1-10-2-5-14(7-15(10)18)21-16-11(6-12(17)9-20-16)8-19-13-3-4-13/h2,5-7,9,13,19H,3-4,8H2,1H3. The van der Waals surface area contributed by atoms with Crippen molar-refractivity contribution >= 4 is 15.9 Å². The topological polar surface area (TPSA) is 34.1 Å². The maximum absolute atomic E-state index is 13.6. The number of nitrogens with one attached hydrogen (secondary N) is 1. The van der Waals surface area contributed by atoms with E-state index < -0.39 is 0 Å². The number of ether oxygens (including phenoxy) is 1. The van der Waals surface area contributed by atoms with Crippen LogP contribution < -0.4 is 10.1 Å². The van der Waals surface area contributed by atoms with Gasteiger partial charge in [-0.25, -0.2) is 9.37 Å². The minimum absolute atomic E-state index is 0.276. The first-order valence-corrected chi connectivity index (χ1v) is 7.73. The molecule has 1 heterocycles. The van der Waals surface area contributed by atoms with E-state index >= 15 is 0 Å². The van der Waals surface area contributed by atoms with Crippen molar-refractivity contribution in [3.63, 3.8) is 0 Å². The zero-order chi connectivity index (χ0) is 14.8. The van der Waals surface area contributed by atoms with Crippen LogP contribution in [0.15, 0.2) is 34.9 Å². The number of aromatic nitrogens is 1. The molecule has 3 rings (SSSR count). The molecule has 2 aromatic rings. The van der Waals surface area contributed by atoms with Gasteiger partial charge >= 0.3 is 0 Å². The van der Waals surface area contributed by atoms with Crippen LogP contribution in [0, 0.1) is 12.7 Å². The van der Waals surface area contributed by atoms with Crippen molar-refractivity contribution in [1.82, 2.24) is 10.3 Å². The van der Waals surface area contributed by atoms with E-state index in [1.165, 1.54) is 18.9 Å². The summed E-state index contributed by atoms with van der Waals surface area (Å²) < 4.78 is 20.2. The maximum Gasteiger partial charge on any atom is 0.223 e. The van der Waals surface area contributed by atoms with Gasteiger partial charge in [0.05, 0.1) is 0 Å². The van der Waals surface area contributed by atoms with Crippen molar-refractivity contribution in [3.8, 4) is 11.6 Å². The smallest absolute Gasteiger partial charge is 0.223 e. The molecule has 1 fully saturated rings. The Balaban J connectivity index is 1.80. The largest absolute Gasteiger partial charge is 0.439 e. The number of pyridine rings is 1. The molecule has 3 nitrogen and oxygen atoms in total. The van der Waals surface area contributed by atoms with Crippen molar-refractivity contribution in [2.45, 2.75) is 32.4 Å². The molecular weight excluding hydrogens is 335 g/mol. The molecule has 0 atom stereocenters. The Morgan fingerprint density at radius 1 is 1.38 bits per heavy atom. The minimum atomic E-state index is -0.276. The second-order valence-corrected chi connectivity index (χ2v) is 6.20. The zero-order valence-corrected chi connectivity index (χ0v) is 13.3. The quantitative estimate of drug-likeness (QED) is 0.870. The van der Waals surface area contributed by atoms with Crippen molar-refractivity contribution in [2.24, 2.45) is 0 Å². The Kier molecular flexibility index (Phi) is 4.22. The summed E-state index contributed by atoms with van der Waals surface area (Å²) in [7, 11) is 0. The fourth-order valence-electron chi connectivity index (χ4n) is 1.98. The Morgan fingerprint density at radius 2 is 2.19 bits per heavy atom. The zero-order valence-electron chi connectivity index (χ0n) is 11.7. The van der Waals surface area contributed by atoms with Gasteiger partial charge in [-0.2, -0.15) is 0 Å². The Morgan fingerprint density at radius 3 is 2.90 bits per heavy atom. The Bertz CT molecular complexity index is 659. The van der Waals surface area contributed by atoms with E-state index in [4.69, 9.17) is 4.74 Å². The third-order valence-electron chi connectivity index (χ3n) is 3.41. The second kappa shape index (κ2) is 6.12. The van der Waals surface area contributed by atoms with E-state index in [9.17, 15) is 4.39 Å². The summed E-state index contributed by atoms with van der Waals surface area (Å²) in [5.74, 6) is 0.692. The molecule has 0 bridgehead atoms. The molecule has 110 valence electrons. The highest BCUT2D eigenvalue weighted by Gasteiger charge is 2.21. The number of halogens is 2. The summed E-state index contributed by atoms with van der Waals surface area (Å²) in [6.45, 7) is 2.42. The van der Waals surface area contributed by atoms with E-state index in [-0.39, 0.29) is 5.82 Å². The molecule has 0 amide bonds. The monoisotopic (exact) mass is 350 g/mol. The number of benzene rings is 1. The van der Waals surface area contributed by atoms with Gasteiger partial charge in [-0.3, -0.25) is 0 Å². The highest BCUT2D eigenvalue weighted by molar-refractivity contribution is 9.10. The Hall–Kier alpha value is -1.46. The summed E-state index contributed by atoms with van der Waals surface area (Å²) in [4.78, 5) is 4.29. The highest BCUT2D eigenvalue weighted by Crippen LogP contribution is 2.28. The molecule has 1 aliphatic rings. The molecule has 0 saturated heterocycles. The lowest BCUT2D eigenvalue weighted by molar-refractivity contribution is 0.447. The lowest BCUT2D eigenvalue weighted by Gasteiger charge is -2.11. The lowest BCUT2D eigenvalue weighted by Crippen LogP contribution is -2.16. The van der Waals surface area contributed by atoms with Crippen molar-refractivity contribution in [2.75, 3.05) is 0 Å². The van der Waals surface area contributed by atoms with Crippen LogP contribution in [-0.2, 0) is 6.54 Å². The molecule has 0 unspecified atom stereocenters. The molecule has 1 N–H and O–H groups in total. The van der Waals surface area contributed by atoms with Gasteiger partial charge in [-0.15, -0.1) is 0 Å². The van der Waals surface area contributed by atoms with Crippen LogP contribution in [-0.4, -0.2) is 11.0 Å². The molecule has 21 heavy (non-hydrogen) atoms. The van der Waals surface area contributed by atoms with Crippen LogP contribution in [0.2, 0.25) is 0 Å².